The Kier molecular flexibility index (Phi) is 4.11. The van der Waals surface area contributed by atoms with E-state index in [1.165, 1.54) is 6.07 Å². The molecule has 0 spiro atoms. The van der Waals surface area contributed by atoms with E-state index in [4.69, 9.17) is 9.52 Å². The first-order valence-electron chi connectivity index (χ1n) is 6.49. The number of nitrogens with one attached hydrogen (secondary N) is 1. The molecule has 0 aliphatic heterocycles. The van der Waals surface area contributed by atoms with Crippen LogP contribution in [0, 0.1) is 5.41 Å². The zero-order chi connectivity index (χ0) is 14.8. The topological polar surface area (TPSA) is 82.7 Å². The van der Waals surface area contributed by atoms with Crippen molar-refractivity contribution in [3.8, 4) is 0 Å². The Morgan fingerprint density at radius 1 is 1.35 bits per heavy atom. The predicted octanol–water partition coefficient (Wildman–Crippen LogP) is 2.24. The maximum atomic E-state index is 10.8. The first-order chi connectivity index (χ1) is 9.41. The van der Waals surface area contributed by atoms with Crippen LogP contribution in [0.15, 0.2) is 28.7 Å². The van der Waals surface area contributed by atoms with E-state index in [9.17, 15) is 9.90 Å². The van der Waals surface area contributed by atoms with Gasteiger partial charge < -0.3 is 19.9 Å². The lowest BCUT2D eigenvalue weighted by molar-refractivity contribution is 0.0665. The quantitative estimate of drug-likeness (QED) is 0.754. The SMILES string of the molecule is CC(C)(CO)CNCc1ccc2oc(C(=O)O)cc2c1. The first kappa shape index (κ1) is 14.6. The van der Waals surface area contributed by atoms with Gasteiger partial charge >= 0.3 is 5.97 Å². The summed E-state index contributed by atoms with van der Waals surface area (Å²) in [6.07, 6.45) is 0. The third-order valence-corrected chi connectivity index (χ3v) is 3.15. The number of carboxylic acid groups (broad SMARTS) is 1. The number of hydrogen-bond donors (Lipinski definition) is 3. The molecule has 0 aliphatic carbocycles. The molecule has 0 atom stereocenters. The molecule has 108 valence electrons. The average Bonchev–Trinajstić information content (AvgIpc) is 2.82. The number of benzene rings is 1. The van der Waals surface area contributed by atoms with Gasteiger partial charge in [0.1, 0.15) is 5.58 Å². The van der Waals surface area contributed by atoms with Crippen LogP contribution in [0.4, 0.5) is 0 Å². The van der Waals surface area contributed by atoms with Crippen molar-refractivity contribution in [2.75, 3.05) is 13.2 Å². The fourth-order valence-electron chi connectivity index (χ4n) is 1.91. The molecule has 0 fully saturated rings. The summed E-state index contributed by atoms with van der Waals surface area (Å²) >= 11 is 0. The van der Waals surface area contributed by atoms with Gasteiger partial charge in [-0.25, -0.2) is 4.79 Å². The summed E-state index contributed by atoms with van der Waals surface area (Å²) in [5.74, 6) is -1.11. The summed E-state index contributed by atoms with van der Waals surface area (Å²) in [6, 6.07) is 7.11. The van der Waals surface area contributed by atoms with Gasteiger partial charge in [-0.1, -0.05) is 19.9 Å². The number of hydrogen-bond acceptors (Lipinski definition) is 4. The minimum Gasteiger partial charge on any atom is -0.475 e. The molecule has 5 heteroatoms. The van der Waals surface area contributed by atoms with Crippen molar-refractivity contribution < 1.29 is 19.4 Å². The molecule has 2 aromatic rings. The minimum absolute atomic E-state index is 0.0495. The maximum absolute atomic E-state index is 10.8. The number of rotatable bonds is 6. The van der Waals surface area contributed by atoms with Crippen LogP contribution in [0.1, 0.15) is 30.0 Å². The van der Waals surface area contributed by atoms with Crippen LogP contribution in [0.5, 0.6) is 0 Å². The number of aliphatic hydroxyl groups is 1. The Balaban J connectivity index is 2.06. The van der Waals surface area contributed by atoms with Crippen molar-refractivity contribution in [2.24, 2.45) is 5.41 Å². The monoisotopic (exact) mass is 277 g/mol. The van der Waals surface area contributed by atoms with Gasteiger partial charge in [-0.3, -0.25) is 0 Å². The highest BCUT2D eigenvalue weighted by Crippen LogP contribution is 2.21. The van der Waals surface area contributed by atoms with Crippen LogP contribution < -0.4 is 5.32 Å². The highest BCUT2D eigenvalue weighted by Gasteiger charge is 2.15. The fourth-order valence-corrected chi connectivity index (χ4v) is 1.91. The van der Waals surface area contributed by atoms with E-state index in [0.717, 1.165) is 10.9 Å². The second-order valence-electron chi connectivity index (χ2n) is 5.71. The number of carboxylic acids is 1. The standard InChI is InChI=1S/C15H19NO4/c1-15(2,9-17)8-16-7-10-3-4-12-11(5-10)6-13(20-12)14(18)19/h3-6,16-17H,7-9H2,1-2H3,(H,18,19). The first-order valence-corrected chi connectivity index (χ1v) is 6.49. The largest absolute Gasteiger partial charge is 0.475 e. The second-order valence-corrected chi connectivity index (χ2v) is 5.71. The fraction of sp³-hybridized carbons (Fsp3) is 0.400. The van der Waals surface area contributed by atoms with E-state index >= 15 is 0 Å². The molecular formula is C15H19NO4. The van der Waals surface area contributed by atoms with Crippen LogP contribution in [0.2, 0.25) is 0 Å². The average molecular weight is 277 g/mol. The molecular weight excluding hydrogens is 258 g/mol. The smallest absolute Gasteiger partial charge is 0.371 e. The third kappa shape index (κ3) is 3.37. The number of fused-ring (bicyclic) bond motifs is 1. The molecule has 0 aliphatic rings. The van der Waals surface area contributed by atoms with Gasteiger partial charge in [0, 0.05) is 30.5 Å². The van der Waals surface area contributed by atoms with Crippen molar-refractivity contribution in [3.63, 3.8) is 0 Å². The molecule has 0 bridgehead atoms. The van der Waals surface area contributed by atoms with Gasteiger partial charge in [-0.05, 0) is 23.8 Å². The predicted molar refractivity (Wildman–Crippen MR) is 75.7 cm³/mol. The molecule has 0 radical (unpaired) electrons. The summed E-state index contributed by atoms with van der Waals surface area (Å²) in [5, 5.41) is 22.1. The van der Waals surface area contributed by atoms with Crippen LogP contribution in [-0.2, 0) is 6.54 Å². The molecule has 2 rings (SSSR count). The molecule has 0 saturated carbocycles. The second kappa shape index (κ2) is 5.64. The molecule has 1 aromatic heterocycles. The van der Waals surface area contributed by atoms with E-state index in [1.807, 2.05) is 26.0 Å². The van der Waals surface area contributed by atoms with E-state index < -0.39 is 5.97 Å². The molecule has 0 saturated heterocycles. The Labute approximate surface area is 117 Å². The lowest BCUT2D eigenvalue weighted by Crippen LogP contribution is -2.31. The van der Waals surface area contributed by atoms with Crippen molar-refractivity contribution in [1.82, 2.24) is 5.32 Å². The summed E-state index contributed by atoms with van der Waals surface area (Å²) < 4.78 is 5.21. The van der Waals surface area contributed by atoms with Crippen molar-refractivity contribution in [2.45, 2.75) is 20.4 Å². The number of aliphatic hydroxyl groups excluding tert-OH is 1. The van der Waals surface area contributed by atoms with E-state index in [1.54, 1.807) is 6.07 Å². The van der Waals surface area contributed by atoms with Gasteiger partial charge in [0.25, 0.3) is 0 Å². The molecule has 20 heavy (non-hydrogen) atoms. The molecule has 3 N–H and O–H groups in total. The van der Waals surface area contributed by atoms with E-state index in [2.05, 4.69) is 5.32 Å². The molecule has 5 nitrogen and oxygen atoms in total. The Bertz CT molecular complexity index is 615. The van der Waals surface area contributed by atoms with Gasteiger partial charge in [-0.2, -0.15) is 0 Å². The lowest BCUT2D eigenvalue weighted by atomic mass is 9.95. The normalized spacial score (nSPS) is 11.9. The maximum Gasteiger partial charge on any atom is 0.371 e. The Morgan fingerprint density at radius 2 is 2.10 bits per heavy atom. The van der Waals surface area contributed by atoms with E-state index in [-0.39, 0.29) is 17.8 Å². The number of carbonyl (C=O) groups is 1. The minimum atomic E-state index is -1.06. The van der Waals surface area contributed by atoms with Gasteiger partial charge in [0.2, 0.25) is 5.76 Å². The highest BCUT2D eigenvalue weighted by atomic mass is 16.4. The van der Waals surface area contributed by atoms with Gasteiger partial charge in [-0.15, -0.1) is 0 Å². The molecule has 1 heterocycles. The van der Waals surface area contributed by atoms with Crippen LogP contribution in [-0.4, -0.2) is 29.3 Å². The molecule has 0 unspecified atom stereocenters. The van der Waals surface area contributed by atoms with Crippen LogP contribution in [0.25, 0.3) is 11.0 Å². The van der Waals surface area contributed by atoms with Crippen LogP contribution in [0.3, 0.4) is 0 Å². The van der Waals surface area contributed by atoms with Crippen molar-refractivity contribution in [1.29, 1.82) is 0 Å². The van der Waals surface area contributed by atoms with Gasteiger partial charge in [0.15, 0.2) is 0 Å². The summed E-state index contributed by atoms with van der Waals surface area (Å²) in [4.78, 5) is 10.8. The Hall–Kier alpha value is -1.85. The zero-order valence-corrected chi connectivity index (χ0v) is 11.6. The van der Waals surface area contributed by atoms with Crippen molar-refractivity contribution >= 4 is 16.9 Å². The lowest BCUT2D eigenvalue weighted by Gasteiger charge is -2.21. The summed E-state index contributed by atoms with van der Waals surface area (Å²) in [7, 11) is 0. The summed E-state index contributed by atoms with van der Waals surface area (Å²) in [6.45, 7) is 5.46. The van der Waals surface area contributed by atoms with E-state index in [0.29, 0.717) is 18.7 Å². The molecule has 1 aromatic carbocycles. The number of furan rings is 1. The van der Waals surface area contributed by atoms with Crippen LogP contribution >= 0.6 is 0 Å². The van der Waals surface area contributed by atoms with Crippen molar-refractivity contribution in [3.05, 3.63) is 35.6 Å². The molecule has 0 amide bonds. The highest BCUT2D eigenvalue weighted by molar-refractivity contribution is 5.91. The third-order valence-electron chi connectivity index (χ3n) is 3.15. The Morgan fingerprint density at radius 3 is 2.75 bits per heavy atom. The zero-order valence-electron chi connectivity index (χ0n) is 11.6. The van der Waals surface area contributed by atoms with Gasteiger partial charge in [0.05, 0.1) is 0 Å². The summed E-state index contributed by atoms with van der Waals surface area (Å²) in [5.41, 5.74) is 1.46. The number of aromatic carboxylic acids is 1.